The fourth-order valence-corrected chi connectivity index (χ4v) is 5.22. The third kappa shape index (κ3) is 4.46. The number of carbonyl (C=O) groups is 3. The van der Waals surface area contributed by atoms with Crippen LogP contribution in [0.4, 0.5) is 11.4 Å². The summed E-state index contributed by atoms with van der Waals surface area (Å²) in [7, 11) is 0. The molecule has 2 aliphatic rings. The average molecular weight is 438 g/mol. The number of hydrogen-bond donors (Lipinski definition) is 1. The predicted molar refractivity (Wildman–Crippen MR) is 123 cm³/mol. The monoisotopic (exact) mass is 437 g/mol. The minimum atomic E-state index is -0.846. The Labute approximate surface area is 187 Å². The Morgan fingerprint density at radius 2 is 1.77 bits per heavy atom. The first-order valence-corrected chi connectivity index (χ1v) is 11.6. The number of hydrogen-bond acceptors (Lipinski definition) is 4. The zero-order chi connectivity index (χ0) is 22.0. The number of para-hydroxylation sites is 1. The molecule has 0 aromatic heterocycles. The van der Waals surface area contributed by atoms with Gasteiger partial charge in [-0.3, -0.25) is 14.4 Å². The molecule has 2 aromatic carbocycles. The van der Waals surface area contributed by atoms with Crippen molar-refractivity contribution in [3.05, 3.63) is 53.6 Å². The molecule has 0 saturated carbocycles. The van der Waals surface area contributed by atoms with Gasteiger partial charge in [0.2, 0.25) is 11.8 Å². The summed E-state index contributed by atoms with van der Waals surface area (Å²) in [6, 6.07) is 13.2. The molecular formula is C24H27N3O3S. The molecule has 7 heteroatoms. The van der Waals surface area contributed by atoms with Gasteiger partial charge in [0, 0.05) is 23.7 Å². The number of nitrogens with one attached hydrogen (secondary N) is 1. The zero-order valence-corrected chi connectivity index (χ0v) is 18.7. The van der Waals surface area contributed by atoms with Gasteiger partial charge in [0.15, 0.2) is 5.25 Å². The van der Waals surface area contributed by atoms with Crippen molar-refractivity contribution < 1.29 is 14.4 Å². The van der Waals surface area contributed by atoms with Crippen molar-refractivity contribution in [2.75, 3.05) is 29.9 Å². The highest BCUT2D eigenvalue weighted by atomic mass is 32.2. The Balaban J connectivity index is 1.56. The quantitative estimate of drug-likeness (QED) is 0.740. The summed E-state index contributed by atoms with van der Waals surface area (Å²) in [5.74, 6) is -0.757. The van der Waals surface area contributed by atoms with Crippen LogP contribution in [0.2, 0.25) is 0 Å². The highest BCUT2D eigenvalue weighted by Gasteiger charge is 2.41. The van der Waals surface area contributed by atoms with E-state index < -0.39 is 5.25 Å². The summed E-state index contributed by atoms with van der Waals surface area (Å²) in [6.45, 7) is 5.20. The first-order chi connectivity index (χ1) is 15.0. The molecule has 0 unspecified atom stereocenters. The number of piperidine rings is 1. The summed E-state index contributed by atoms with van der Waals surface area (Å²) in [6.07, 6.45) is 3.05. The van der Waals surface area contributed by atoms with Crippen LogP contribution in [0.3, 0.4) is 0 Å². The lowest BCUT2D eigenvalue weighted by Crippen LogP contribution is -2.52. The molecule has 2 heterocycles. The molecule has 0 aliphatic carbocycles. The van der Waals surface area contributed by atoms with Gasteiger partial charge in [0.25, 0.3) is 5.91 Å². The van der Waals surface area contributed by atoms with E-state index >= 15 is 0 Å². The molecule has 6 nitrogen and oxygen atoms in total. The number of carbonyl (C=O) groups excluding carboxylic acids is 3. The molecule has 1 N–H and O–H groups in total. The minimum Gasteiger partial charge on any atom is -0.341 e. The first kappa shape index (κ1) is 21.4. The lowest BCUT2D eigenvalue weighted by molar-refractivity contribution is -0.135. The molecule has 3 amide bonds. The van der Waals surface area contributed by atoms with Crippen molar-refractivity contribution >= 4 is 40.9 Å². The van der Waals surface area contributed by atoms with E-state index in [0.717, 1.165) is 41.0 Å². The number of thioether (sulfide) groups is 1. The number of benzene rings is 2. The summed E-state index contributed by atoms with van der Waals surface area (Å²) < 4.78 is 0. The van der Waals surface area contributed by atoms with Gasteiger partial charge in [-0.25, -0.2) is 0 Å². The van der Waals surface area contributed by atoms with Crippen LogP contribution >= 0.6 is 11.8 Å². The van der Waals surface area contributed by atoms with Crippen molar-refractivity contribution in [2.24, 2.45) is 0 Å². The lowest BCUT2D eigenvalue weighted by atomic mass is 10.1. The van der Waals surface area contributed by atoms with Crippen LogP contribution in [0.25, 0.3) is 0 Å². The van der Waals surface area contributed by atoms with Gasteiger partial charge < -0.3 is 15.1 Å². The van der Waals surface area contributed by atoms with Crippen molar-refractivity contribution in [2.45, 2.75) is 43.3 Å². The highest BCUT2D eigenvalue weighted by Crippen LogP contribution is 2.40. The molecular weight excluding hydrogens is 410 g/mol. The molecule has 31 heavy (non-hydrogen) atoms. The second kappa shape index (κ2) is 9.14. The Morgan fingerprint density at radius 1 is 1.03 bits per heavy atom. The molecule has 4 rings (SSSR count). The van der Waals surface area contributed by atoms with Gasteiger partial charge in [-0.15, -0.1) is 11.8 Å². The van der Waals surface area contributed by atoms with Crippen molar-refractivity contribution in [1.82, 2.24) is 4.90 Å². The first-order valence-electron chi connectivity index (χ1n) is 10.7. The summed E-state index contributed by atoms with van der Waals surface area (Å²) >= 11 is 1.29. The molecule has 1 fully saturated rings. The molecule has 0 bridgehead atoms. The topological polar surface area (TPSA) is 69.7 Å². The van der Waals surface area contributed by atoms with Gasteiger partial charge in [-0.05, 0) is 62.4 Å². The van der Waals surface area contributed by atoms with Crippen molar-refractivity contribution in [3.8, 4) is 0 Å². The normalized spacial score (nSPS) is 18.5. The van der Waals surface area contributed by atoms with Crippen LogP contribution in [0.1, 0.15) is 30.4 Å². The number of likely N-dealkylation sites (tertiary alicyclic amines) is 1. The van der Waals surface area contributed by atoms with E-state index in [2.05, 4.69) is 5.32 Å². The second-order valence-corrected chi connectivity index (χ2v) is 9.22. The van der Waals surface area contributed by atoms with Gasteiger partial charge in [0.05, 0.1) is 5.69 Å². The van der Waals surface area contributed by atoms with E-state index in [1.807, 2.05) is 56.3 Å². The highest BCUT2D eigenvalue weighted by molar-refractivity contribution is 8.01. The van der Waals surface area contributed by atoms with Crippen LogP contribution in [-0.4, -0.2) is 47.5 Å². The van der Waals surface area contributed by atoms with Crippen LogP contribution in [0, 0.1) is 13.8 Å². The number of amides is 3. The van der Waals surface area contributed by atoms with Crippen LogP contribution in [0.5, 0.6) is 0 Å². The molecule has 0 radical (unpaired) electrons. The van der Waals surface area contributed by atoms with Crippen molar-refractivity contribution in [1.29, 1.82) is 0 Å². The molecule has 0 spiro atoms. The Bertz CT molecular complexity index is 1020. The van der Waals surface area contributed by atoms with Crippen LogP contribution in [-0.2, 0) is 14.4 Å². The largest absolute Gasteiger partial charge is 0.341 e. The molecule has 1 atom stereocenters. The maximum atomic E-state index is 13.4. The van der Waals surface area contributed by atoms with E-state index in [1.54, 1.807) is 4.90 Å². The fourth-order valence-electron chi connectivity index (χ4n) is 4.04. The summed E-state index contributed by atoms with van der Waals surface area (Å²) in [5.41, 5.74) is 3.49. The number of anilines is 2. The fraction of sp³-hybridized carbons (Fsp3) is 0.375. The Kier molecular flexibility index (Phi) is 6.32. The number of rotatable bonds is 4. The molecule has 1 saturated heterocycles. The average Bonchev–Trinajstić information content (AvgIpc) is 2.79. The minimum absolute atomic E-state index is 0.131. The van der Waals surface area contributed by atoms with E-state index in [1.165, 1.54) is 16.7 Å². The Morgan fingerprint density at radius 3 is 2.55 bits per heavy atom. The van der Waals surface area contributed by atoms with Gasteiger partial charge in [-0.1, -0.05) is 24.3 Å². The van der Waals surface area contributed by atoms with E-state index in [9.17, 15) is 14.4 Å². The van der Waals surface area contributed by atoms with Gasteiger partial charge >= 0.3 is 0 Å². The zero-order valence-electron chi connectivity index (χ0n) is 17.9. The maximum absolute atomic E-state index is 13.4. The predicted octanol–water partition coefficient (Wildman–Crippen LogP) is 3.76. The van der Waals surface area contributed by atoms with Crippen LogP contribution in [0.15, 0.2) is 47.4 Å². The van der Waals surface area contributed by atoms with E-state index in [4.69, 9.17) is 0 Å². The molecule has 2 aliphatic heterocycles. The second-order valence-electron chi connectivity index (χ2n) is 8.07. The van der Waals surface area contributed by atoms with Gasteiger partial charge in [-0.2, -0.15) is 0 Å². The molecule has 2 aromatic rings. The van der Waals surface area contributed by atoms with E-state index in [-0.39, 0.29) is 24.3 Å². The number of aryl methyl sites for hydroxylation is 1. The number of nitrogens with zero attached hydrogens (tertiary/aromatic N) is 2. The summed E-state index contributed by atoms with van der Waals surface area (Å²) in [4.78, 5) is 43.5. The third-order valence-corrected chi connectivity index (χ3v) is 7.20. The van der Waals surface area contributed by atoms with Crippen molar-refractivity contribution in [3.63, 3.8) is 0 Å². The summed E-state index contributed by atoms with van der Waals surface area (Å²) in [5, 5.41) is 2.08. The Hall–Kier alpha value is -2.80. The number of fused-ring (bicyclic) bond motifs is 1. The van der Waals surface area contributed by atoms with Crippen LogP contribution < -0.4 is 10.2 Å². The maximum Gasteiger partial charge on any atom is 0.250 e. The smallest absolute Gasteiger partial charge is 0.250 e. The lowest BCUT2D eigenvalue weighted by Gasteiger charge is -2.36. The third-order valence-electron chi connectivity index (χ3n) is 5.96. The van der Waals surface area contributed by atoms with Gasteiger partial charge in [0.1, 0.15) is 6.54 Å². The van der Waals surface area contributed by atoms with E-state index in [0.29, 0.717) is 18.8 Å². The SMILES string of the molecule is Cc1cccc(NC(=O)CN2C(=O)[C@@H](C(=O)N3CCCCC3)Sc3ccccc32)c1C. The molecule has 162 valence electrons. The standard InChI is InChI=1S/C24H27N3O3S/c1-16-9-8-10-18(17(16)2)25-21(28)15-27-19-11-4-5-12-20(19)31-22(24(27)30)23(29)26-13-6-3-7-14-26/h4-5,8-12,22H,3,6-7,13-15H2,1-2H3,(H,25,28)/t22-/m1/s1.